The van der Waals surface area contributed by atoms with Crippen LogP contribution in [0.25, 0.3) is 0 Å². The minimum atomic E-state index is -0.326. The molecule has 2 atom stereocenters. The molecule has 0 aromatic heterocycles. The SMILES string of the molecule is CCCNC1CCCC1Cc1ccc(F)c(Cl)c1. The summed E-state index contributed by atoms with van der Waals surface area (Å²) in [5, 5.41) is 3.86. The van der Waals surface area contributed by atoms with Crippen LogP contribution in [0.1, 0.15) is 38.2 Å². The number of halogens is 2. The lowest BCUT2D eigenvalue weighted by atomic mass is 9.94. The summed E-state index contributed by atoms with van der Waals surface area (Å²) in [6, 6.07) is 5.72. The zero-order valence-corrected chi connectivity index (χ0v) is 11.6. The molecule has 1 N–H and O–H groups in total. The second-order valence-electron chi connectivity index (χ2n) is 5.20. The van der Waals surface area contributed by atoms with Crippen molar-refractivity contribution < 1.29 is 4.39 Å². The standard InChI is InChI=1S/C15H21ClFN/c1-2-8-18-15-5-3-4-12(15)9-11-6-7-14(17)13(16)10-11/h6-7,10,12,15,18H,2-5,8-9H2,1H3. The van der Waals surface area contributed by atoms with E-state index in [1.807, 2.05) is 6.07 Å². The molecule has 0 saturated heterocycles. The maximum absolute atomic E-state index is 13.1. The Balaban J connectivity index is 1.96. The van der Waals surface area contributed by atoms with Crippen molar-refractivity contribution in [2.24, 2.45) is 5.92 Å². The third kappa shape index (κ3) is 3.46. The fourth-order valence-corrected chi connectivity index (χ4v) is 3.05. The smallest absolute Gasteiger partial charge is 0.141 e. The Bertz CT molecular complexity index is 394. The fourth-order valence-electron chi connectivity index (χ4n) is 2.85. The molecule has 0 radical (unpaired) electrons. The van der Waals surface area contributed by atoms with Gasteiger partial charge in [0.25, 0.3) is 0 Å². The molecule has 0 spiro atoms. The third-order valence-corrected chi connectivity index (χ3v) is 4.09. The molecule has 1 aliphatic carbocycles. The van der Waals surface area contributed by atoms with Crippen LogP contribution in [0.4, 0.5) is 4.39 Å². The quantitative estimate of drug-likeness (QED) is 0.845. The Morgan fingerprint density at radius 2 is 2.22 bits per heavy atom. The summed E-state index contributed by atoms with van der Waals surface area (Å²) < 4.78 is 13.1. The van der Waals surface area contributed by atoms with Gasteiger partial charge in [-0.05, 0) is 55.8 Å². The zero-order chi connectivity index (χ0) is 13.0. The average molecular weight is 270 g/mol. The Labute approximate surface area is 114 Å². The predicted octanol–water partition coefficient (Wildman–Crippen LogP) is 4.19. The molecule has 100 valence electrons. The Morgan fingerprint density at radius 3 is 2.94 bits per heavy atom. The van der Waals surface area contributed by atoms with Gasteiger partial charge in [0.1, 0.15) is 5.82 Å². The molecule has 0 aliphatic heterocycles. The van der Waals surface area contributed by atoms with E-state index in [1.54, 1.807) is 6.07 Å². The van der Waals surface area contributed by atoms with Gasteiger partial charge in [-0.25, -0.2) is 4.39 Å². The van der Waals surface area contributed by atoms with E-state index in [4.69, 9.17) is 11.6 Å². The summed E-state index contributed by atoms with van der Waals surface area (Å²) in [6.07, 6.45) is 5.99. The highest BCUT2D eigenvalue weighted by molar-refractivity contribution is 6.30. The van der Waals surface area contributed by atoms with Gasteiger partial charge in [-0.2, -0.15) is 0 Å². The van der Waals surface area contributed by atoms with E-state index in [2.05, 4.69) is 12.2 Å². The summed E-state index contributed by atoms with van der Waals surface area (Å²) in [6.45, 7) is 3.28. The van der Waals surface area contributed by atoms with Gasteiger partial charge in [0.15, 0.2) is 0 Å². The molecule has 1 saturated carbocycles. The van der Waals surface area contributed by atoms with Crippen molar-refractivity contribution in [2.75, 3.05) is 6.54 Å². The molecule has 1 nitrogen and oxygen atoms in total. The van der Waals surface area contributed by atoms with E-state index < -0.39 is 0 Å². The molecule has 0 heterocycles. The van der Waals surface area contributed by atoms with E-state index >= 15 is 0 Å². The summed E-state index contributed by atoms with van der Waals surface area (Å²) in [7, 11) is 0. The maximum Gasteiger partial charge on any atom is 0.141 e. The monoisotopic (exact) mass is 269 g/mol. The van der Waals surface area contributed by atoms with Gasteiger partial charge in [-0.3, -0.25) is 0 Å². The number of nitrogens with one attached hydrogen (secondary N) is 1. The topological polar surface area (TPSA) is 12.0 Å². The molecule has 2 rings (SSSR count). The van der Waals surface area contributed by atoms with Gasteiger partial charge in [-0.15, -0.1) is 0 Å². The average Bonchev–Trinajstić information content (AvgIpc) is 2.79. The lowest BCUT2D eigenvalue weighted by Gasteiger charge is -2.21. The van der Waals surface area contributed by atoms with Gasteiger partial charge in [0.05, 0.1) is 5.02 Å². The Morgan fingerprint density at radius 1 is 1.39 bits per heavy atom. The lowest BCUT2D eigenvalue weighted by Crippen LogP contribution is -2.33. The number of rotatable bonds is 5. The summed E-state index contributed by atoms with van der Waals surface area (Å²) >= 11 is 5.83. The highest BCUT2D eigenvalue weighted by Gasteiger charge is 2.26. The van der Waals surface area contributed by atoms with Crippen LogP contribution in [0.2, 0.25) is 5.02 Å². The first-order valence-electron chi connectivity index (χ1n) is 6.88. The fraction of sp³-hybridized carbons (Fsp3) is 0.600. The molecule has 1 aromatic carbocycles. The van der Waals surface area contributed by atoms with Gasteiger partial charge in [-0.1, -0.05) is 31.0 Å². The summed E-state index contributed by atoms with van der Waals surface area (Å²) in [5.74, 6) is 0.338. The number of hydrogen-bond donors (Lipinski definition) is 1. The third-order valence-electron chi connectivity index (χ3n) is 3.80. The second-order valence-corrected chi connectivity index (χ2v) is 5.61. The normalized spacial score (nSPS) is 23.5. The first-order valence-corrected chi connectivity index (χ1v) is 7.25. The minimum Gasteiger partial charge on any atom is -0.314 e. The van der Waals surface area contributed by atoms with Crippen LogP contribution in [-0.2, 0) is 6.42 Å². The lowest BCUT2D eigenvalue weighted by molar-refractivity contribution is 0.399. The van der Waals surface area contributed by atoms with Crippen molar-refractivity contribution in [1.82, 2.24) is 5.32 Å². The van der Waals surface area contributed by atoms with Crippen molar-refractivity contribution in [1.29, 1.82) is 0 Å². The highest BCUT2D eigenvalue weighted by Crippen LogP contribution is 2.29. The van der Waals surface area contributed by atoms with Crippen LogP contribution >= 0.6 is 11.6 Å². The van der Waals surface area contributed by atoms with Crippen LogP contribution in [-0.4, -0.2) is 12.6 Å². The maximum atomic E-state index is 13.1. The Kier molecular flexibility index (Phi) is 5.02. The van der Waals surface area contributed by atoms with Crippen LogP contribution < -0.4 is 5.32 Å². The van der Waals surface area contributed by atoms with Gasteiger partial charge in [0.2, 0.25) is 0 Å². The predicted molar refractivity (Wildman–Crippen MR) is 74.5 cm³/mol. The number of hydrogen-bond acceptors (Lipinski definition) is 1. The molecule has 0 bridgehead atoms. The van der Waals surface area contributed by atoms with Crippen molar-refractivity contribution in [3.63, 3.8) is 0 Å². The first-order chi connectivity index (χ1) is 8.70. The van der Waals surface area contributed by atoms with Gasteiger partial charge in [0, 0.05) is 6.04 Å². The largest absolute Gasteiger partial charge is 0.314 e. The van der Waals surface area contributed by atoms with Crippen molar-refractivity contribution in [3.8, 4) is 0 Å². The minimum absolute atomic E-state index is 0.239. The Hall–Kier alpha value is -0.600. The van der Waals surface area contributed by atoms with Gasteiger partial charge >= 0.3 is 0 Å². The van der Waals surface area contributed by atoms with E-state index in [-0.39, 0.29) is 10.8 Å². The van der Waals surface area contributed by atoms with Gasteiger partial charge < -0.3 is 5.32 Å². The molecule has 1 fully saturated rings. The molecule has 2 unspecified atom stereocenters. The van der Waals surface area contributed by atoms with E-state index in [9.17, 15) is 4.39 Å². The molecule has 3 heteroatoms. The van der Waals surface area contributed by atoms with E-state index in [0.29, 0.717) is 12.0 Å². The van der Waals surface area contributed by atoms with Crippen molar-refractivity contribution in [3.05, 3.63) is 34.6 Å². The van der Waals surface area contributed by atoms with Crippen molar-refractivity contribution >= 4 is 11.6 Å². The molecule has 18 heavy (non-hydrogen) atoms. The van der Waals surface area contributed by atoms with Crippen LogP contribution in [0.5, 0.6) is 0 Å². The van der Waals surface area contributed by atoms with Crippen molar-refractivity contribution in [2.45, 2.75) is 45.1 Å². The number of benzene rings is 1. The van der Waals surface area contributed by atoms with Crippen LogP contribution in [0.3, 0.4) is 0 Å². The summed E-state index contributed by atoms with van der Waals surface area (Å²) in [5.41, 5.74) is 1.15. The molecule has 1 aromatic rings. The molecular formula is C15H21ClFN. The summed E-state index contributed by atoms with van der Waals surface area (Å²) in [4.78, 5) is 0. The first kappa shape index (κ1) is 13.8. The molecule has 1 aliphatic rings. The van der Waals surface area contributed by atoms with Crippen LogP contribution in [0, 0.1) is 11.7 Å². The second kappa shape index (κ2) is 6.53. The van der Waals surface area contributed by atoms with Crippen LogP contribution in [0.15, 0.2) is 18.2 Å². The molecular weight excluding hydrogens is 249 g/mol. The van der Waals surface area contributed by atoms with E-state index in [0.717, 1.165) is 18.5 Å². The zero-order valence-electron chi connectivity index (χ0n) is 10.9. The highest BCUT2D eigenvalue weighted by atomic mass is 35.5. The molecule has 0 amide bonds. The van der Waals surface area contributed by atoms with E-state index in [1.165, 1.54) is 31.7 Å².